The first-order valence-electron chi connectivity index (χ1n) is 15.2. The van der Waals surface area contributed by atoms with Crippen LogP contribution in [0.15, 0.2) is 102 Å². The van der Waals surface area contributed by atoms with Gasteiger partial charge in [-0.3, -0.25) is 13.9 Å². The van der Waals surface area contributed by atoms with Crippen molar-refractivity contribution in [1.82, 2.24) is 10.2 Å². The molecule has 0 saturated carbocycles. The molecule has 0 aromatic heterocycles. The third kappa shape index (κ3) is 8.77. The highest BCUT2D eigenvalue weighted by molar-refractivity contribution is 7.92. The molecule has 1 atom stereocenters. The largest absolute Gasteiger partial charge is 0.350 e. The summed E-state index contributed by atoms with van der Waals surface area (Å²) in [4.78, 5) is 30.2. The fourth-order valence-corrected chi connectivity index (χ4v) is 6.76. The molecule has 7 nitrogen and oxygen atoms in total. The summed E-state index contributed by atoms with van der Waals surface area (Å²) < 4.78 is 29.7. The molecule has 0 unspecified atom stereocenters. The van der Waals surface area contributed by atoms with Crippen LogP contribution in [0.3, 0.4) is 0 Å². The maximum absolute atomic E-state index is 14.6. The van der Waals surface area contributed by atoms with Crippen molar-refractivity contribution in [2.24, 2.45) is 0 Å². The Morgan fingerprint density at radius 3 is 1.96 bits per heavy atom. The van der Waals surface area contributed by atoms with Crippen molar-refractivity contribution >= 4 is 39.1 Å². The van der Waals surface area contributed by atoms with Crippen LogP contribution < -0.4 is 9.62 Å². The average molecular weight is 660 g/mol. The summed E-state index contributed by atoms with van der Waals surface area (Å²) >= 11 is 6.47. The Morgan fingerprint density at radius 2 is 1.37 bits per heavy atom. The highest BCUT2D eigenvalue weighted by Crippen LogP contribution is 2.31. The van der Waals surface area contributed by atoms with Crippen LogP contribution in [0.25, 0.3) is 0 Å². The lowest BCUT2D eigenvalue weighted by molar-refractivity contribution is -0.140. The highest BCUT2D eigenvalue weighted by atomic mass is 35.5. The van der Waals surface area contributed by atoms with Gasteiger partial charge in [0.15, 0.2) is 0 Å². The van der Waals surface area contributed by atoms with E-state index in [-0.39, 0.29) is 29.5 Å². The molecule has 0 aliphatic carbocycles. The van der Waals surface area contributed by atoms with Crippen LogP contribution in [0.2, 0.25) is 5.02 Å². The van der Waals surface area contributed by atoms with Gasteiger partial charge in [-0.2, -0.15) is 0 Å². The number of halogens is 1. The van der Waals surface area contributed by atoms with Crippen molar-refractivity contribution in [2.75, 3.05) is 10.8 Å². The van der Waals surface area contributed by atoms with E-state index in [1.54, 1.807) is 37.3 Å². The van der Waals surface area contributed by atoms with E-state index in [1.165, 1.54) is 17.0 Å². The fourth-order valence-electron chi connectivity index (χ4n) is 5.11. The van der Waals surface area contributed by atoms with Gasteiger partial charge in [0, 0.05) is 23.5 Å². The van der Waals surface area contributed by atoms with Gasteiger partial charge in [0.05, 0.1) is 10.6 Å². The van der Waals surface area contributed by atoms with E-state index in [0.29, 0.717) is 10.6 Å². The van der Waals surface area contributed by atoms with Crippen LogP contribution >= 0.6 is 11.6 Å². The van der Waals surface area contributed by atoms with Gasteiger partial charge in [-0.25, -0.2) is 8.42 Å². The minimum Gasteiger partial charge on any atom is -0.350 e. The molecule has 0 heterocycles. The van der Waals surface area contributed by atoms with Gasteiger partial charge < -0.3 is 10.2 Å². The van der Waals surface area contributed by atoms with Crippen molar-refractivity contribution in [3.63, 3.8) is 0 Å². The molecular weight excluding hydrogens is 618 g/mol. The van der Waals surface area contributed by atoms with Crippen molar-refractivity contribution in [2.45, 2.75) is 71.0 Å². The molecule has 0 saturated heterocycles. The zero-order valence-electron chi connectivity index (χ0n) is 27.2. The predicted molar refractivity (Wildman–Crippen MR) is 185 cm³/mol. The topological polar surface area (TPSA) is 86.8 Å². The monoisotopic (exact) mass is 659 g/mol. The number of sulfonamides is 1. The number of hydrogen-bond donors (Lipinski definition) is 1. The first-order chi connectivity index (χ1) is 21.7. The lowest BCUT2D eigenvalue weighted by atomic mass is 10.0. The minimum atomic E-state index is -4.22. The molecule has 1 N–H and O–H groups in total. The second-order valence-electron chi connectivity index (χ2n) is 12.7. The summed E-state index contributed by atoms with van der Waals surface area (Å²) in [5.41, 5.74) is 3.88. The molecule has 0 spiro atoms. The van der Waals surface area contributed by atoms with Crippen LogP contribution in [0, 0.1) is 20.8 Å². The van der Waals surface area contributed by atoms with Crippen LogP contribution in [0.1, 0.15) is 48.6 Å². The standard InChI is InChI=1S/C37H42ClN3O4S/c1-26-15-19-30(20-16-26)24-40(34(36(43)39-37(4,5)6)23-29-11-8-7-9-12-29)35(42)25-41(33-14-10-13-32(38)28(33)3)46(44,45)31-21-17-27(2)18-22-31/h7-22,34H,23-25H2,1-6H3,(H,39,43)/t34-/m0/s1. The number of nitrogens with zero attached hydrogens (tertiary/aromatic N) is 2. The summed E-state index contributed by atoms with van der Waals surface area (Å²) in [6, 6.07) is 27.7. The average Bonchev–Trinajstić information content (AvgIpc) is 3.00. The number of aryl methyl sites for hydroxylation is 2. The Morgan fingerprint density at radius 1 is 0.783 bits per heavy atom. The molecule has 0 aliphatic heterocycles. The van der Waals surface area contributed by atoms with E-state index >= 15 is 0 Å². The molecule has 4 aromatic rings. The predicted octanol–water partition coefficient (Wildman–Crippen LogP) is 7.02. The van der Waals surface area contributed by atoms with E-state index in [9.17, 15) is 18.0 Å². The highest BCUT2D eigenvalue weighted by Gasteiger charge is 2.36. The molecule has 2 amide bonds. The van der Waals surface area contributed by atoms with Crippen molar-refractivity contribution < 1.29 is 18.0 Å². The third-order valence-electron chi connectivity index (χ3n) is 7.64. The summed E-state index contributed by atoms with van der Waals surface area (Å²) in [7, 11) is -4.22. The fraction of sp³-hybridized carbons (Fsp3) is 0.297. The van der Waals surface area contributed by atoms with Gasteiger partial charge in [0.1, 0.15) is 12.6 Å². The molecule has 46 heavy (non-hydrogen) atoms. The van der Waals surface area contributed by atoms with Crippen LogP contribution in [-0.4, -0.2) is 43.3 Å². The number of amides is 2. The number of benzene rings is 4. The third-order valence-corrected chi connectivity index (χ3v) is 9.82. The summed E-state index contributed by atoms with van der Waals surface area (Å²) in [5, 5.41) is 3.42. The van der Waals surface area contributed by atoms with E-state index in [1.807, 2.05) is 89.2 Å². The smallest absolute Gasteiger partial charge is 0.264 e. The molecular formula is C37H42ClN3O4S. The Kier molecular flexibility index (Phi) is 11.0. The quantitative estimate of drug-likeness (QED) is 0.188. The second kappa shape index (κ2) is 14.5. The lowest BCUT2D eigenvalue weighted by Crippen LogP contribution is -2.56. The normalized spacial score (nSPS) is 12.3. The molecule has 0 bridgehead atoms. The lowest BCUT2D eigenvalue weighted by Gasteiger charge is -2.35. The zero-order valence-corrected chi connectivity index (χ0v) is 28.8. The van der Waals surface area contributed by atoms with Gasteiger partial charge in [-0.1, -0.05) is 95.5 Å². The maximum Gasteiger partial charge on any atom is 0.264 e. The van der Waals surface area contributed by atoms with Crippen LogP contribution in [0.5, 0.6) is 0 Å². The number of carbonyl (C=O) groups excluding carboxylic acids is 2. The number of nitrogens with one attached hydrogen (secondary N) is 1. The van der Waals surface area contributed by atoms with Crippen molar-refractivity contribution in [1.29, 1.82) is 0 Å². The first-order valence-corrected chi connectivity index (χ1v) is 17.0. The van der Waals surface area contributed by atoms with E-state index in [4.69, 9.17) is 11.6 Å². The molecule has 0 radical (unpaired) electrons. The van der Waals surface area contributed by atoms with Crippen molar-refractivity contribution in [3.05, 3.63) is 130 Å². The summed E-state index contributed by atoms with van der Waals surface area (Å²) in [5.74, 6) is -0.857. The Bertz CT molecular complexity index is 1770. The second-order valence-corrected chi connectivity index (χ2v) is 14.9. The van der Waals surface area contributed by atoms with E-state index in [0.717, 1.165) is 26.6 Å². The van der Waals surface area contributed by atoms with Gasteiger partial charge in [-0.15, -0.1) is 0 Å². The van der Waals surface area contributed by atoms with Gasteiger partial charge in [-0.05, 0) is 82.5 Å². The summed E-state index contributed by atoms with van der Waals surface area (Å²) in [6.07, 6.45) is 0.237. The minimum absolute atomic E-state index is 0.0432. The van der Waals surface area contributed by atoms with Crippen LogP contribution in [-0.2, 0) is 32.6 Å². The molecule has 9 heteroatoms. The van der Waals surface area contributed by atoms with Gasteiger partial charge >= 0.3 is 0 Å². The Hall–Kier alpha value is -4.14. The Labute approximate surface area is 278 Å². The van der Waals surface area contributed by atoms with E-state index < -0.39 is 34.1 Å². The number of anilines is 1. The van der Waals surface area contributed by atoms with Gasteiger partial charge in [0.25, 0.3) is 10.0 Å². The molecule has 242 valence electrons. The molecule has 0 fully saturated rings. The summed E-state index contributed by atoms with van der Waals surface area (Å²) in [6.45, 7) is 10.8. The first kappa shape index (κ1) is 34.7. The number of carbonyl (C=O) groups is 2. The molecule has 4 aromatic carbocycles. The van der Waals surface area contributed by atoms with Gasteiger partial charge in [0.2, 0.25) is 11.8 Å². The van der Waals surface area contributed by atoms with Crippen LogP contribution in [0.4, 0.5) is 5.69 Å². The SMILES string of the molecule is Cc1ccc(CN(C(=O)CN(c2cccc(Cl)c2C)S(=O)(=O)c2ccc(C)cc2)[C@@H](Cc2ccccc2)C(=O)NC(C)(C)C)cc1. The molecule has 4 rings (SSSR count). The molecule has 0 aliphatic rings. The number of rotatable bonds is 11. The zero-order chi connectivity index (χ0) is 33.6. The number of hydrogen-bond acceptors (Lipinski definition) is 4. The van der Waals surface area contributed by atoms with E-state index in [2.05, 4.69) is 5.32 Å². The maximum atomic E-state index is 14.6. The Balaban J connectivity index is 1.84. The van der Waals surface area contributed by atoms with Crippen molar-refractivity contribution in [3.8, 4) is 0 Å².